The van der Waals surface area contributed by atoms with Crippen LogP contribution in [-0.4, -0.2) is 24.3 Å². The molecule has 0 aromatic heterocycles. The van der Waals surface area contributed by atoms with Gasteiger partial charge < -0.3 is 14.3 Å². The highest BCUT2D eigenvalue weighted by molar-refractivity contribution is 5.53. The van der Waals surface area contributed by atoms with E-state index in [1.54, 1.807) is 0 Å². The molecular formula is C10H18O3. The first-order valence-corrected chi connectivity index (χ1v) is 4.73. The summed E-state index contributed by atoms with van der Waals surface area (Å²) in [6.45, 7) is 7.87. The molecule has 1 aliphatic rings. The van der Waals surface area contributed by atoms with E-state index in [-0.39, 0.29) is 23.9 Å². The Labute approximate surface area is 79.4 Å². The first-order chi connectivity index (χ1) is 5.94. The Morgan fingerprint density at radius 2 is 2.15 bits per heavy atom. The molecule has 0 radical (unpaired) electrons. The number of carbonyl (C=O) groups is 1. The second-order valence-electron chi connectivity index (χ2n) is 4.39. The van der Waals surface area contributed by atoms with Crippen LogP contribution in [0.1, 0.15) is 34.1 Å². The largest absolute Gasteiger partial charge is 0.349 e. The molecule has 1 fully saturated rings. The molecule has 0 spiro atoms. The fourth-order valence-electron chi connectivity index (χ4n) is 1.66. The standard InChI is InChI=1S/C10H18O3/c1-7(6-11)9-12-8(2)5-10(3,4)13-9/h6-9H,5H2,1-4H3. The van der Waals surface area contributed by atoms with Crippen molar-refractivity contribution in [1.29, 1.82) is 0 Å². The third-order valence-corrected chi connectivity index (χ3v) is 2.22. The highest BCUT2D eigenvalue weighted by Crippen LogP contribution is 2.29. The first kappa shape index (κ1) is 10.7. The molecular weight excluding hydrogens is 168 g/mol. The molecule has 0 saturated carbocycles. The van der Waals surface area contributed by atoms with Crippen LogP contribution in [0.15, 0.2) is 0 Å². The SMILES string of the molecule is CC1CC(C)(C)OC(C(C)C=O)O1. The van der Waals surface area contributed by atoms with E-state index in [1.165, 1.54) is 0 Å². The second kappa shape index (κ2) is 3.76. The second-order valence-corrected chi connectivity index (χ2v) is 4.39. The topological polar surface area (TPSA) is 35.5 Å². The van der Waals surface area contributed by atoms with E-state index < -0.39 is 0 Å². The van der Waals surface area contributed by atoms with Crippen LogP contribution in [0.2, 0.25) is 0 Å². The maximum absolute atomic E-state index is 10.6. The lowest BCUT2D eigenvalue weighted by atomic mass is 9.99. The fraction of sp³-hybridized carbons (Fsp3) is 0.900. The minimum atomic E-state index is -0.378. The number of aldehydes is 1. The van der Waals surface area contributed by atoms with Gasteiger partial charge in [0.1, 0.15) is 6.29 Å². The summed E-state index contributed by atoms with van der Waals surface area (Å²) in [5.74, 6) is -0.193. The zero-order valence-electron chi connectivity index (χ0n) is 8.74. The summed E-state index contributed by atoms with van der Waals surface area (Å²) < 4.78 is 11.2. The van der Waals surface area contributed by atoms with Crippen LogP contribution in [0.25, 0.3) is 0 Å². The van der Waals surface area contributed by atoms with Crippen LogP contribution >= 0.6 is 0 Å². The normalized spacial score (nSPS) is 35.4. The maximum Gasteiger partial charge on any atom is 0.167 e. The smallest absolute Gasteiger partial charge is 0.167 e. The minimum Gasteiger partial charge on any atom is -0.349 e. The predicted molar refractivity (Wildman–Crippen MR) is 49.3 cm³/mol. The van der Waals surface area contributed by atoms with Gasteiger partial charge in [0.05, 0.1) is 17.6 Å². The number of hydrogen-bond donors (Lipinski definition) is 0. The Morgan fingerprint density at radius 3 is 2.62 bits per heavy atom. The molecule has 0 aliphatic carbocycles. The van der Waals surface area contributed by atoms with Gasteiger partial charge in [0.2, 0.25) is 0 Å². The number of rotatable bonds is 2. The molecule has 1 heterocycles. The van der Waals surface area contributed by atoms with Crippen molar-refractivity contribution in [1.82, 2.24) is 0 Å². The van der Waals surface area contributed by atoms with Crippen molar-refractivity contribution in [3.8, 4) is 0 Å². The van der Waals surface area contributed by atoms with Gasteiger partial charge in [-0.15, -0.1) is 0 Å². The van der Waals surface area contributed by atoms with E-state index in [4.69, 9.17) is 9.47 Å². The van der Waals surface area contributed by atoms with Gasteiger partial charge in [0, 0.05) is 6.42 Å². The average molecular weight is 186 g/mol. The van der Waals surface area contributed by atoms with Gasteiger partial charge in [-0.25, -0.2) is 0 Å². The fourth-order valence-corrected chi connectivity index (χ4v) is 1.66. The average Bonchev–Trinajstić information content (AvgIpc) is 1.99. The highest BCUT2D eigenvalue weighted by atomic mass is 16.7. The molecule has 3 atom stereocenters. The highest BCUT2D eigenvalue weighted by Gasteiger charge is 2.35. The third kappa shape index (κ3) is 2.78. The number of carbonyl (C=O) groups excluding carboxylic acids is 1. The van der Waals surface area contributed by atoms with Gasteiger partial charge in [-0.05, 0) is 20.8 Å². The molecule has 0 amide bonds. The van der Waals surface area contributed by atoms with Crippen LogP contribution in [0.5, 0.6) is 0 Å². The minimum absolute atomic E-state index is 0.163. The molecule has 1 saturated heterocycles. The molecule has 13 heavy (non-hydrogen) atoms. The van der Waals surface area contributed by atoms with Crippen molar-refractivity contribution in [3.05, 3.63) is 0 Å². The molecule has 0 aromatic carbocycles. The number of ether oxygens (including phenoxy) is 2. The lowest BCUT2D eigenvalue weighted by Crippen LogP contribution is -2.45. The first-order valence-electron chi connectivity index (χ1n) is 4.73. The number of hydrogen-bond acceptors (Lipinski definition) is 3. The van der Waals surface area contributed by atoms with E-state index >= 15 is 0 Å². The summed E-state index contributed by atoms with van der Waals surface area (Å²) in [6, 6.07) is 0. The molecule has 3 heteroatoms. The molecule has 3 nitrogen and oxygen atoms in total. The Balaban J connectivity index is 2.62. The van der Waals surface area contributed by atoms with Gasteiger partial charge in [0.25, 0.3) is 0 Å². The summed E-state index contributed by atoms with van der Waals surface area (Å²) in [5.41, 5.74) is -0.181. The van der Waals surface area contributed by atoms with Gasteiger partial charge in [-0.1, -0.05) is 6.92 Å². The zero-order chi connectivity index (χ0) is 10.1. The lowest BCUT2D eigenvalue weighted by molar-refractivity contribution is -0.280. The molecule has 1 rings (SSSR count). The van der Waals surface area contributed by atoms with E-state index in [0.29, 0.717) is 0 Å². The van der Waals surface area contributed by atoms with Crippen LogP contribution in [0.3, 0.4) is 0 Å². The van der Waals surface area contributed by atoms with E-state index in [9.17, 15) is 4.79 Å². The summed E-state index contributed by atoms with van der Waals surface area (Å²) in [4.78, 5) is 10.6. The van der Waals surface area contributed by atoms with Crippen molar-refractivity contribution in [3.63, 3.8) is 0 Å². The third-order valence-electron chi connectivity index (χ3n) is 2.22. The van der Waals surface area contributed by atoms with Crippen molar-refractivity contribution in [2.24, 2.45) is 5.92 Å². The van der Waals surface area contributed by atoms with E-state index in [0.717, 1.165) is 12.7 Å². The molecule has 0 bridgehead atoms. The van der Waals surface area contributed by atoms with Gasteiger partial charge >= 0.3 is 0 Å². The van der Waals surface area contributed by atoms with Gasteiger partial charge in [-0.2, -0.15) is 0 Å². The van der Waals surface area contributed by atoms with Crippen molar-refractivity contribution in [2.75, 3.05) is 0 Å². The lowest BCUT2D eigenvalue weighted by Gasteiger charge is -2.40. The predicted octanol–water partition coefficient (Wildman–Crippen LogP) is 1.75. The molecule has 3 unspecified atom stereocenters. The monoisotopic (exact) mass is 186 g/mol. The van der Waals surface area contributed by atoms with Gasteiger partial charge in [0.15, 0.2) is 6.29 Å². The Bertz CT molecular complexity index is 189. The van der Waals surface area contributed by atoms with Crippen LogP contribution in [0.4, 0.5) is 0 Å². The Kier molecular flexibility index (Phi) is 3.09. The Morgan fingerprint density at radius 1 is 1.54 bits per heavy atom. The van der Waals surface area contributed by atoms with Crippen molar-refractivity contribution in [2.45, 2.75) is 52.1 Å². The van der Waals surface area contributed by atoms with Crippen LogP contribution in [0, 0.1) is 5.92 Å². The summed E-state index contributed by atoms with van der Waals surface area (Å²) >= 11 is 0. The zero-order valence-corrected chi connectivity index (χ0v) is 8.74. The van der Waals surface area contributed by atoms with Crippen LogP contribution < -0.4 is 0 Å². The van der Waals surface area contributed by atoms with E-state index in [1.807, 2.05) is 27.7 Å². The molecule has 0 aromatic rings. The molecule has 76 valence electrons. The maximum atomic E-state index is 10.6. The summed E-state index contributed by atoms with van der Waals surface area (Å²) in [7, 11) is 0. The molecule has 1 aliphatic heterocycles. The summed E-state index contributed by atoms with van der Waals surface area (Å²) in [6.07, 6.45) is 1.53. The van der Waals surface area contributed by atoms with Crippen molar-refractivity contribution >= 4 is 6.29 Å². The van der Waals surface area contributed by atoms with Gasteiger partial charge in [-0.3, -0.25) is 0 Å². The van der Waals surface area contributed by atoms with E-state index in [2.05, 4.69) is 0 Å². The van der Waals surface area contributed by atoms with Crippen LogP contribution in [-0.2, 0) is 14.3 Å². The summed E-state index contributed by atoms with van der Waals surface area (Å²) in [5, 5.41) is 0. The molecule has 0 N–H and O–H groups in total. The quantitative estimate of drug-likeness (QED) is 0.616. The van der Waals surface area contributed by atoms with Crippen molar-refractivity contribution < 1.29 is 14.3 Å². The Hall–Kier alpha value is -0.410.